The Kier molecular flexibility index (Phi) is 5.04. The molecule has 1 fully saturated rings. The summed E-state index contributed by atoms with van der Waals surface area (Å²) in [4.78, 5) is 50.8. The second kappa shape index (κ2) is 7.30. The second-order valence-corrected chi connectivity index (χ2v) is 6.96. The third kappa shape index (κ3) is 3.53. The Morgan fingerprint density at radius 3 is 2.46 bits per heavy atom. The number of carbonyl (C=O) groups excluding carboxylic acids is 4. The highest BCUT2D eigenvalue weighted by atomic mass is 16.5. The number of fused-ring (bicyclic) bond motifs is 1. The number of nitrogens with zero attached hydrogens (tertiary/aromatic N) is 2. The molecule has 0 aliphatic carbocycles. The molecular weight excluding hydrogens is 362 g/mol. The summed E-state index contributed by atoms with van der Waals surface area (Å²) in [5.74, 6) is -1.78. The largest absolute Gasteiger partial charge is 0.454 e. The number of imide groups is 1. The minimum atomic E-state index is -1.29. The minimum absolute atomic E-state index is 0.397. The van der Waals surface area contributed by atoms with Gasteiger partial charge in [-0.2, -0.15) is 0 Å². The van der Waals surface area contributed by atoms with Crippen LogP contribution in [-0.4, -0.2) is 60.9 Å². The number of hydrogen-bond acceptors (Lipinski definition) is 5. The van der Waals surface area contributed by atoms with Gasteiger partial charge in [-0.3, -0.25) is 19.3 Å². The van der Waals surface area contributed by atoms with E-state index in [9.17, 15) is 19.2 Å². The summed E-state index contributed by atoms with van der Waals surface area (Å²) in [6, 6.07) is 12.5. The molecule has 1 heterocycles. The number of rotatable bonds is 5. The second-order valence-electron chi connectivity index (χ2n) is 6.96. The number of ether oxygens (including phenoxy) is 1. The molecule has 0 bridgehead atoms. The molecule has 1 aliphatic heterocycles. The molecule has 8 nitrogen and oxygen atoms in total. The van der Waals surface area contributed by atoms with Crippen LogP contribution in [0.15, 0.2) is 42.5 Å². The van der Waals surface area contributed by atoms with Crippen LogP contribution in [0.25, 0.3) is 10.8 Å². The first kappa shape index (κ1) is 19.3. The lowest BCUT2D eigenvalue weighted by molar-refractivity contribution is -0.153. The zero-order valence-corrected chi connectivity index (χ0v) is 15.9. The van der Waals surface area contributed by atoms with E-state index in [4.69, 9.17) is 4.74 Å². The number of nitrogens with one attached hydrogen (secondary N) is 1. The molecular formula is C20H21N3O5. The molecule has 1 atom stereocenters. The fraction of sp³-hybridized carbons (Fsp3) is 0.300. The van der Waals surface area contributed by atoms with Crippen LogP contribution in [0.4, 0.5) is 4.79 Å². The van der Waals surface area contributed by atoms with Crippen LogP contribution in [0, 0.1) is 0 Å². The number of likely N-dealkylation sites (N-methyl/N-ethyl adjacent to an activating group) is 1. The summed E-state index contributed by atoms with van der Waals surface area (Å²) in [5.41, 5.74) is -0.677. The van der Waals surface area contributed by atoms with Gasteiger partial charge in [0, 0.05) is 14.1 Å². The maximum Gasteiger partial charge on any atom is 0.326 e. The van der Waals surface area contributed by atoms with E-state index in [0.717, 1.165) is 15.7 Å². The van der Waals surface area contributed by atoms with Gasteiger partial charge in [-0.1, -0.05) is 36.4 Å². The van der Waals surface area contributed by atoms with Gasteiger partial charge in [0.05, 0.1) is 0 Å². The van der Waals surface area contributed by atoms with Crippen LogP contribution < -0.4 is 5.32 Å². The number of benzene rings is 2. The van der Waals surface area contributed by atoms with Crippen LogP contribution in [0.3, 0.4) is 0 Å². The average molecular weight is 383 g/mol. The van der Waals surface area contributed by atoms with Crippen molar-refractivity contribution in [2.45, 2.75) is 12.5 Å². The molecule has 28 heavy (non-hydrogen) atoms. The Balaban J connectivity index is 1.76. The van der Waals surface area contributed by atoms with E-state index in [-0.39, 0.29) is 0 Å². The Morgan fingerprint density at radius 2 is 1.79 bits per heavy atom. The lowest BCUT2D eigenvalue weighted by Gasteiger charge is -2.22. The van der Waals surface area contributed by atoms with Gasteiger partial charge in [-0.25, -0.2) is 4.79 Å². The first-order chi connectivity index (χ1) is 13.2. The first-order valence-corrected chi connectivity index (χ1v) is 8.71. The molecule has 0 aromatic heterocycles. The SMILES string of the molecule is CN(C)C(=O)COC(=O)CN1C(=O)N[C@@](C)(c2ccc3ccccc3c2)C1=O. The molecule has 3 rings (SSSR count). The van der Waals surface area contributed by atoms with E-state index >= 15 is 0 Å². The maximum atomic E-state index is 12.9. The molecule has 8 heteroatoms. The summed E-state index contributed by atoms with van der Waals surface area (Å²) < 4.78 is 4.85. The number of amides is 4. The predicted molar refractivity (Wildman–Crippen MR) is 101 cm³/mol. The van der Waals surface area contributed by atoms with Crippen LogP contribution in [-0.2, 0) is 24.7 Å². The van der Waals surface area contributed by atoms with E-state index in [1.54, 1.807) is 13.0 Å². The van der Waals surface area contributed by atoms with Crippen LogP contribution >= 0.6 is 0 Å². The molecule has 2 aromatic rings. The summed E-state index contributed by atoms with van der Waals surface area (Å²) >= 11 is 0. The van der Waals surface area contributed by atoms with Gasteiger partial charge in [0.2, 0.25) is 0 Å². The summed E-state index contributed by atoms with van der Waals surface area (Å²) in [7, 11) is 3.06. The van der Waals surface area contributed by atoms with E-state index < -0.39 is 42.5 Å². The first-order valence-electron chi connectivity index (χ1n) is 8.71. The van der Waals surface area contributed by atoms with Crippen LogP contribution in [0.2, 0.25) is 0 Å². The number of esters is 1. The van der Waals surface area contributed by atoms with Crippen molar-refractivity contribution in [1.82, 2.24) is 15.1 Å². The molecule has 4 amide bonds. The Morgan fingerprint density at radius 1 is 1.11 bits per heavy atom. The third-order valence-corrected chi connectivity index (χ3v) is 4.74. The standard InChI is InChI=1S/C20H21N3O5/c1-20(15-9-8-13-6-4-5-7-14(13)10-15)18(26)23(19(27)21-20)11-17(25)28-12-16(24)22(2)3/h4-10H,11-12H2,1-3H3,(H,21,27)/t20-/m0/s1. The van der Waals surface area contributed by atoms with Gasteiger partial charge in [-0.05, 0) is 29.3 Å². The van der Waals surface area contributed by atoms with E-state index in [2.05, 4.69) is 5.32 Å². The average Bonchev–Trinajstić information content (AvgIpc) is 2.89. The third-order valence-electron chi connectivity index (χ3n) is 4.74. The lowest BCUT2D eigenvalue weighted by Crippen LogP contribution is -2.42. The molecule has 0 unspecified atom stereocenters. The molecule has 1 aliphatic rings. The van der Waals surface area contributed by atoms with E-state index in [0.29, 0.717) is 5.56 Å². The normalized spacial score (nSPS) is 18.9. The summed E-state index contributed by atoms with van der Waals surface area (Å²) in [6.07, 6.45) is 0. The van der Waals surface area contributed by atoms with Crippen molar-refractivity contribution in [2.75, 3.05) is 27.2 Å². The fourth-order valence-corrected chi connectivity index (χ4v) is 2.98. The summed E-state index contributed by atoms with van der Waals surface area (Å²) in [5, 5.41) is 4.60. The number of urea groups is 1. The monoisotopic (exact) mass is 383 g/mol. The highest BCUT2D eigenvalue weighted by Gasteiger charge is 2.49. The minimum Gasteiger partial charge on any atom is -0.454 e. The van der Waals surface area contributed by atoms with Crippen molar-refractivity contribution in [1.29, 1.82) is 0 Å². The van der Waals surface area contributed by atoms with Crippen molar-refractivity contribution in [3.63, 3.8) is 0 Å². The highest BCUT2D eigenvalue weighted by Crippen LogP contribution is 2.30. The molecule has 1 saturated heterocycles. The van der Waals surface area contributed by atoms with Crippen molar-refractivity contribution in [3.8, 4) is 0 Å². The smallest absolute Gasteiger partial charge is 0.326 e. The Bertz CT molecular complexity index is 971. The molecule has 2 aromatic carbocycles. The van der Waals surface area contributed by atoms with Crippen LogP contribution in [0.5, 0.6) is 0 Å². The maximum absolute atomic E-state index is 12.9. The Hall–Kier alpha value is -3.42. The number of hydrogen-bond donors (Lipinski definition) is 1. The van der Waals surface area contributed by atoms with Crippen molar-refractivity contribution in [3.05, 3.63) is 48.0 Å². The van der Waals surface area contributed by atoms with Crippen LogP contribution in [0.1, 0.15) is 12.5 Å². The van der Waals surface area contributed by atoms with Crippen molar-refractivity contribution >= 4 is 34.6 Å². The molecule has 0 radical (unpaired) electrons. The van der Waals surface area contributed by atoms with E-state index in [1.165, 1.54) is 19.0 Å². The zero-order valence-electron chi connectivity index (χ0n) is 15.9. The van der Waals surface area contributed by atoms with E-state index in [1.807, 2.05) is 36.4 Å². The highest BCUT2D eigenvalue weighted by molar-refractivity contribution is 6.09. The van der Waals surface area contributed by atoms with Gasteiger partial charge < -0.3 is 15.0 Å². The summed E-state index contributed by atoms with van der Waals surface area (Å²) in [6.45, 7) is 0.588. The molecule has 0 saturated carbocycles. The van der Waals surface area contributed by atoms with Gasteiger partial charge >= 0.3 is 12.0 Å². The predicted octanol–water partition coefficient (Wildman–Crippen LogP) is 1.24. The fourth-order valence-electron chi connectivity index (χ4n) is 2.98. The topological polar surface area (TPSA) is 96.0 Å². The molecule has 1 N–H and O–H groups in total. The van der Waals surface area contributed by atoms with Gasteiger partial charge in [0.1, 0.15) is 12.1 Å². The van der Waals surface area contributed by atoms with Gasteiger partial charge in [0.15, 0.2) is 6.61 Å². The quantitative estimate of drug-likeness (QED) is 0.619. The Labute approximate surface area is 162 Å². The number of carbonyl (C=O) groups is 4. The van der Waals surface area contributed by atoms with Crippen molar-refractivity contribution in [2.24, 2.45) is 0 Å². The molecule has 0 spiro atoms. The van der Waals surface area contributed by atoms with Gasteiger partial charge in [-0.15, -0.1) is 0 Å². The molecule has 146 valence electrons. The lowest BCUT2D eigenvalue weighted by atomic mass is 9.90. The van der Waals surface area contributed by atoms with Crippen molar-refractivity contribution < 1.29 is 23.9 Å². The zero-order chi connectivity index (χ0) is 20.5. The van der Waals surface area contributed by atoms with Gasteiger partial charge in [0.25, 0.3) is 11.8 Å².